The van der Waals surface area contributed by atoms with Crippen molar-refractivity contribution in [3.05, 3.63) is 131 Å². The first kappa shape index (κ1) is 31.6. The van der Waals surface area contributed by atoms with Gasteiger partial charge in [-0.25, -0.2) is 14.8 Å². The molecule has 0 spiro atoms. The number of rotatable bonds is 12. The van der Waals surface area contributed by atoms with Crippen LogP contribution in [0.15, 0.2) is 109 Å². The molecule has 2 heterocycles. The van der Waals surface area contributed by atoms with E-state index in [1.807, 2.05) is 18.2 Å². The Hall–Kier alpha value is -4.97. The molecule has 0 fully saturated rings. The highest BCUT2D eigenvalue weighted by Crippen LogP contribution is 2.35. The minimum Gasteiger partial charge on any atom is -0.465 e. The fourth-order valence-electron chi connectivity index (χ4n) is 7.42. The molecule has 0 amide bonds. The second kappa shape index (κ2) is 14.4. The van der Waals surface area contributed by atoms with Crippen LogP contribution in [0.1, 0.15) is 85.1 Å². The highest BCUT2D eigenvalue weighted by Gasteiger charge is 2.23. The summed E-state index contributed by atoms with van der Waals surface area (Å²) < 4.78 is 9.86. The third kappa shape index (κ3) is 6.44. The van der Waals surface area contributed by atoms with E-state index in [4.69, 9.17) is 14.7 Å². The van der Waals surface area contributed by atoms with Crippen LogP contribution < -0.4 is 0 Å². The Balaban J connectivity index is 1.35. The maximum absolute atomic E-state index is 12.5. The SMILES string of the molecule is CCCc1nc2cccc(-c3nc4cc(C(=O)OC)ccc4n3CCC3=CCCCC3)c2n1CCC(c1ccccc1)c1ccccc1. The topological polar surface area (TPSA) is 61.9 Å². The molecule has 244 valence electrons. The highest BCUT2D eigenvalue weighted by molar-refractivity contribution is 5.96. The number of aromatic nitrogens is 4. The van der Waals surface area contributed by atoms with Crippen molar-refractivity contribution in [3.8, 4) is 11.4 Å². The van der Waals surface area contributed by atoms with Crippen molar-refractivity contribution in [1.29, 1.82) is 0 Å². The zero-order valence-corrected chi connectivity index (χ0v) is 28.1. The van der Waals surface area contributed by atoms with E-state index in [1.54, 1.807) is 0 Å². The molecule has 0 radical (unpaired) electrons. The van der Waals surface area contributed by atoms with Gasteiger partial charge in [0, 0.05) is 31.0 Å². The van der Waals surface area contributed by atoms with Gasteiger partial charge in [0.1, 0.15) is 11.6 Å². The van der Waals surface area contributed by atoms with Crippen molar-refractivity contribution in [3.63, 3.8) is 0 Å². The Morgan fingerprint density at radius 3 is 2.27 bits per heavy atom. The van der Waals surface area contributed by atoms with Crippen LogP contribution in [0.25, 0.3) is 33.5 Å². The van der Waals surface area contributed by atoms with Gasteiger partial charge in [0.2, 0.25) is 0 Å². The van der Waals surface area contributed by atoms with Crippen LogP contribution in [0, 0.1) is 0 Å². The van der Waals surface area contributed by atoms with Gasteiger partial charge < -0.3 is 13.9 Å². The zero-order chi connectivity index (χ0) is 32.9. The number of imidazole rings is 2. The number of benzene rings is 4. The summed E-state index contributed by atoms with van der Waals surface area (Å²) in [4.78, 5) is 23.0. The quantitative estimate of drug-likeness (QED) is 0.0991. The summed E-state index contributed by atoms with van der Waals surface area (Å²) in [6.45, 7) is 3.88. The van der Waals surface area contributed by atoms with Gasteiger partial charge in [-0.2, -0.15) is 0 Å². The Bertz CT molecular complexity index is 2020. The first-order valence-electron chi connectivity index (χ1n) is 17.5. The molecule has 6 aromatic rings. The van der Waals surface area contributed by atoms with E-state index in [0.717, 1.165) is 78.1 Å². The average Bonchev–Trinajstić information content (AvgIpc) is 3.69. The molecule has 7 rings (SSSR count). The number of carbonyl (C=O) groups is 1. The molecule has 0 bridgehead atoms. The summed E-state index contributed by atoms with van der Waals surface area (Å²) in [7, 11) is 1.42. The maximum Gasteiger partial charge on any atom is 0.337 e. The van der Waals surface area contributed by atoms with E-state index in [1.165, 1.54) is 49.5 Å². The van der Waals surface area contributed by atoms with Crippen LogP contribution in [0.5, 0.6) is 0 Å². The largest absolute Gasteiger partial charge is 0.465 e. The summed E-state index contributed by atoms with van der Waals surface area (Å²) in [6, 6.07) is 33.9. The van der Waals surface area contributed by atoms with Crippen molar-refractivity contribution >= 4 is 28.0 Å². The van der Waals surface area contributed by atoms with E-state index < -0.39 is 0 Å². The minimum absolute atomic E-state index is 0.261. The molecule has 1 aliphatic rings. The number of aryl methyl sites for hydroxylation is 3. The predicted molar refractivity (Wildman–Crippen MR) is 194 cm³/mol. The lowest BCUT2D eigenvalue weighted by Crippen LogP contribution is -2.10. The van der Waals surface area contributed by atoms with Crippen LogP contribution in [0.3, 0.4) is 0 Å². The number of esters is 1. The van der Waals surface area contributed by atoms with Crippen LogP contribution in [0.4, 0.5) is 0 Å². The van der Waals surface area contributed by atoms with E-state index in [2.05, 4.69) is 101 Å². The number of nitrogens with zero attached hydrogens (tertiary/aromatic N) is 4. The van der Waals surface area contributed by atoms with Crippen LogP contribution in [0.2, 0.25) is 0 Å². The van der Waals surface area contributed by atoms with Crippen molar-refractivity contribution in [2.24, 2.45) is 0 Å². The summed E-state index contributed by atoms with van der Waals surface area (Å²) >= 11 is 0. The van der Waals surface area contributed by atoms with Gasteiger partial charge in [0.15, 0.2) is 0 Å². The van der Waals surface area contributed by atoms with Crippen molar-refractivity contribution in [1.82, 2.24) is 19.1 Å². The molecule has 6 heteroatoms. The molecule has 1 aliphatic carbocycles. The Labute approximate surface area is 283 Å². The Morgan fingerprint density at radius 2 is 1.58 bits per heavy atom. The number of hydrogen-bond acceptors (Lipinski definition) is 4. The van der Waals surface area contributed by atoms with Crippen LogP contribution >= 0.6 is 0 Å². The number of para-hydroxylation sites is 1. The third-order valence-electron chi connectivity index (χ3n) is 9.82. The predicted octanol–water partition coefficient (Wildman–Crippen LogP) is 9.90. The number of methoxy groups -OCH3 is 1. The molecule has 0 atom stereocenters. The standard InChI is InChI=1S/C42H44N4O2/c1-3-14-39-43-36-22-13-21-35(40(36)46(39)28-26-34(31-17-9-5-10-18-31)32-19-11-6-12-20-32)41-44-37-29-33(42(47)48-2)23-24-38(37)45(41)27-25-30-15-7-4-8-16-30/h5-6,9-13,15,17-24,29,34H,3-4,7-8,14,16,25-28H2,1-2H3. The third-order valence-corrected chi connectivity index (χ3v) is 9.82. The summed E-state index contributed by atoms with van der Waals surface area (Å²) in [5.74, 6) is 1.94. The number of hydrogen-bond donors (Lipinski definition) is 0. The lowest BCUT2D eigenvalue weighted by atomic mass is 9.88. The molecular formula is C42H44N4O2. The van der Waals surface area contributed by atoms with Crippen LogP contribution in [-0.4, -0.2) is 32.2 Å². The van der Waals surface area contributed by atoms with Crippen molar-refractivity contribution in [2.75, 3.05) is 7.11 Å². The number of fused-ring (bicyclic) bond motifs is 2. The summed E-state index contributed by atoms with van der Waals surface area (Å²) in [5, 5.41) is 0. The van der Waals surface area contributed by atoms with E-state index in [-0.39, 0.29) is 11.9 Å². The van der Waals surface area contributed by atoms with Crippen molar-refractivity contribution < 1.29 is 9.53 Å². The minimum atomic E-state index is -0.351. The molecular weight excluding hydrogens is 592 g/mol. The monoisotopic (exact) mass is 636 g/mol. The van der Waals surface area contributed by atoms with E-state index >= 15 is 0 Å². The number of allylic oxidation sites excluding steroid dienone is 2. The second-order valence-corrected chi connectivity index (χ2v) is 12.9. The van der Waals surface area contributed by atoms with Gasteiger partial charge in [-0.15, -0.1) is 0 Å². The molecule has 0 unspecified atom stereocenters. The van der Waals surface area contributed by atoms with Gasteiger partial charge >= 0.3 is 5.97 Å². The second-order valence-electron chi connectivity index (χ2n) is 12.9. The lowest BCUT2D eigenvalue weighted by molar-refractivity contribution is 0.0601. The van der Waals surface area contributed by atoms with Crippen molar-refractivity contribution in [2.45, 2.75) is 77.3 Å². The number of carbonyl (C=O) groups excluding carboxylic acids is 1. The Kier molecular flexibility index (Phi) is 9.50. The fourth-order valence-corrected chi connectivity index (χ4v) is 7.42. The van der Waals surface area contributed by atoms with Gasteiger partial charge in [0.25, 0.3) is 0 Å². The van der Waals surface area contributed by atoms with E-state index in [9.17, 15) is 4.79 Å². The average molecular weight is 637 g/mol. The molecule has 0 N–H and O–H groups in total. The van der Waals surface area contributed by atoms with E-state index in [0.29, 0.717) is 5.56 Å². The molecule has 0 saturated carbocycles. The van der Waals surface area contributed by atoms with Gasteiger partial charge in [-0.05, 0) is 86.4 Å². The molecule has 4 aromatic carbocycles. The summed E-state index contributed by atoms with van der Waals surface area (Å²) in [5.41, 5.74) is 9.72. The first-order valence-corrected chi connectivity index (χ1v) is 17.5. The van der Waals surface area contributed by atoms with Gasteiger partial charge in [-0.1, -0.05) is 85.3 Å². The smallest absolute Gasteiger partial charge is 0.337 e. The molecule has 0 aliphatic heterocycles. The van der Waals surface area contributed by atoms with Gasteiger partial charge in [-0.3, -0.25) is 0 Å². The molecule has 6 nitrogen and oxygen atoms in total. The molecule has 2 aromatic heterocycles. The Morgan fingerprint density at radius 1 is 0.812 bits per heavy atom. The molecule has 0 saturated heterocycles. The number of ether oxygens (including phenoxy) is 1. The normalized spacial score (nSPS) is 13.4. The zero-order valence-electron chi connectivity index (χ0n) is 28.1. The molecule has 48 heavy (non-hydrogen) atoms. The van der Waals surface area contributed by atoms with Crippen LogP contribution in [-0.2, 0) is 24.2 Å². The lowest BCUT2D eigenvalue weighted by Gasteiger charge is -2.20. The van der Waals surface area contributed by atoms with Gasteiger partial charge in [0.05, 0.1) is 34.7 Å². The maximum atomic E-state index is 12.5. The summed E-state index contributed by atoms with van der Waals surface area (Å²) in [6.07, 6.45) is 11.2. The first-order chi connectivity index (χ1) is 23.6. The fraction of sp³-hybridized carbons (Fsp3) is 0.310. The highest BCUT2D eigenvalue weighted by atomic mass is 16.5.